The van der Waals surface area contributed by atoms with E-state index in [2.05, 4.69) is 10.3 Å². The zero-order valence-corrected chi connectivity index (χ0v) is 12.0. The van der Waals surface area contributed by atoms with Gasteiger partial charge in [0, 0.05) is 5.69 Å². The van der Waals surface area contributed by atoms with E-state index < -0.39 is 0 Å². The molecule has 0 bridgehead atoms. The van der Waals surface area contributed by atoms with Crippen molar-refractivity contribution >= 4 is 38.3 Å². The molecule has 0 saturated carbocycles. The molecule has 1 aromatic heterocycles. The van der Waals surface area contributed by atoms with Crippen molar-refractivity contribution in [3.8, 4) is 0 Å². The molecule has 102 valence electrons. The van der Waals surface area contributed by atoms with E-state index >= 15 is 0 Å². The van der Waals surface area contributed by atoms with Crippen LogP contribution in [0.15, 0.2) is 18.2 Å². The molecule has 1 amide bonds. The summed E-state index contributed by atoms with van der Waals surface area (Å²) in [6, 6.07) is 5.47. The minimum absolute atomic E-state index is 0.0154. The first-order chi connectivity index (χ1) is 8.83. The lowest BCUT2D eigenvalue weighted by Gasteiger charge is -2.18. The molecule has 2 aromatic rings. The number of aromatic nitrogens is 1. The number of nitrogens with zero attached hydrogens (tertiary/aromatic N) is 1. The Morgan fingerprint density at radius 1 is 1.47 bits per heavy atom. The van der Waals surface area contributed by atoms with Crippen molar-refractivity contribution < 1.29 is 9.53 Å². The monoisotopic (exact) mass is 279 g/mol. The molecule has 1 aromatic carbocycles. The maximum absolute atomic E-state index is 11.7. The van der Waals surface area contributed by atoms with E-state index in [1.807, 2.05) is 32.9 Å². The third-order valence-electron chi connectivity index (χ3n) is 2.30. The summed E-state index contributed by atoms with van der Waals surface area (Å²) in [4.78, 5) is 16.0. The third kappa shape index (κ3) is 3.90. The number of benzene rings is 1. The van der Waals surface area contributed by atoms with Gasteiger partial charge in [0.05, 0.1) is 15.8 Å². The first-order valence-electron chi connectivity index (χ1n) is 5.93. The van der Waals surface area contributed by atoms with Crippen molar-refractivity contribution in [1.29, 1.82) is 0 Å². The van der Waals surface area contributed by atoms with Gasteiger partial charge in [0.25, 0.3) is 5.91 Å². The van der Waals surface area contributed by atoms with E-state index in [9.17, 15) is 4.79 Å². The SMILES string of the molecule is CC(C)(C)OCC(=O)Nc1nc2ccc(N)cc2s1. The van der Waals surface area contributed by atoms with Crippen molar-refractivity contribution in [1.82, 2.24) is 4.98 Å². The average molecular weight is 279 g/mol. The Balaban J connectivity index is 2.03. The first kappa shape index (κ1) is 13.8. The standard InChI is InChI=1S/C13H17N3O2S/c1-13(2,3)18-7-11(17)16-12-15-9-5-4-8(14)6-10(9)19-12/h4-6H,7,14H2,1-3H3,(H,15,16,17). The number of nitrogens with one attached hydrogen (secondary N) is 1. The molecule has 0 spiro atoms. The Morgan fingerprint density at radius 2 is 2.21 bits per heavy atom. The smallest absolute Gasteiger partial charge is 0.252 e. The average Bonchev–Trinajstić information content (AvgIpc) is 2.66. The van der Waals surface area contributed by atoms with Gasteiger partial charge in [-0.2, -0.15) is 0 Å². The molecule has 2 rings (SSSR count). The Hall–Kier alpha value is -1.66. The van der Waals surface area contributed by atoms with Gasteiger partial charge in [-0.15, -0.1) is 0 Å². The summed E-state index contributed by atoms with van der Waals surface area (Å²) in [6.45, 7) is 5.73. The molecule has 0 radical (unpaired) electrons. The second-order valence-electron chi connectivity index (χ2n) is 5.20. The molecule has 6 heteroatoms. The summed E-state index contributed by atoms with van der Waals surface area (Å²) >= 11 is 1.39. The van der Waals surface area contributed by atoms with Crippen molar-refractivity contribution in [3.63, 3.8) is 0 Å². The van der Waals surface area contributed by atoms with Gasteiger partial charge in [-0.1, -0.05) is 11.3 Å². The highest BCUT2D eigenvalue weighted by molar-refractivity contribution is 7.22. The van der Waals surface area contributed by atoms with Crippen LogP contribution in [0.1, 0.15) is 20.8 Å². The number of carbonyl (C=O) groups excluding carboxylic acids is 1. The predicted molar refractivity (Wildman–Crippen MR) is 78.4 cm³/mol. The number of nitrogens with two attached hydrogens (primary N) is 1. The fraction of sp³-hybridized carbons (Fsp3) is 0.385. The molecule has 0 fully saturated rings. The van der Waals surface area contributed by atoms with Crippen LogP contribution in [0.2, 0.25) is 0 Å². The van der Waals surface area contributed by atoms with Gasteiger partial charge in [0.1, 0.15) is 6.61 Å². The summed E-state index contributed by atoms with van der Waals surface area (Å²) in [5.74, 6) is -0.207. The number of carbonyl (C=O) groups is 1. The predicted octanol–water partition coefficient (Wildman–Crippen LogP) is 2.63. The number of nitrogen functional groups attached to an aromatic ring is 1. The largest absolute Gasteiger partial charge is 0.399 e. The van der Waals surface area contributed by atoms with E-state index in [0.29, 0.717) is 10.8 Å². The van der Waals surface area contributed by atoms with Crippen molar-refractivity contribution in [2.45, 2.75) is 26.4 Å². The number of fused-ring (bicyclic) bond motifs is 1. The normalized spacial score (nSPS) is 11.7. The number of amides is 1. The van der Waals surface area contributed by atoms with Crippen LogP contribution in [0.5, 0.6) is 0 Å². The lowest BCUT2D eigenvalue weighted by molar-refractivity contribution is -0.125. The fourth-order valence-corrected chi connectivity index (χ4v) is 2.36. The van der Waals surface area contributed by atoms with Crippen LogP contribution >= 0.6 is 11.3 Å². The Kier molecular flexibility index (Phi) is 3.73. The van der Waals surface area contributed by atoms with Gasteiger partial charge < -0.3 is 10.5 Å². The fourth-order valence-electron chi connectivity index (χ4n) is 1.43. The number of hydrogen-bond donors (Lipinski definition) is 2. The summed E-state index contributed by atoms with van der Waals surface area (Å²) in [6.07, 6.45) is 0. The zero-order chi connectivity index (χ0) is 14.0. The highest BCUT2D eigenvalue weighted by atomic mass is 32.1. The molecule has 0 aliphatic heterocycles. The molecule has 0 aliphatic rings. The molecule has 19 heavy (non-hydrogen) atoms. The van der Waals surface area contributed by atoms with Crippen LogP contribution < -0.4 is 11.1 Å². The Labute approximate surface area is 115 Å². The lowest BCUT2D eigenvalue weighted by Crippen LogP contribution is -2.27. The number of rotatable bonds is 3. The highest BCUT2D eigenvalue weighted by Gasteiger charge is 2.14. The zero-order valence-electron chi connectivity index (χ0n) is 11.2. The molecule has 0 unspecified atom stereocenters. The molecule has 5 nitrogen and oxygen atoms in total. The molecule has 0 aliphatic carbocycles. The van der Waals surface area contributed by atoms with Crippen LogP contribution in [-0.2, 0) is 9.53 Å². The first-order valence-corrected chi connectivity index (χ1v) is 6.75. The molecular formula is C13H17N3O2S. The van der Waals surface area contributed by atoms with Gasteiger partial charge in [0.15, 0.2) is 5.13 Å². The van der Waals surface area contributed by atoms with Crippen molar-refractivity contribution in [2.75, 3.05) is 17.7 Å². The van der Waals surface area contributed by atoms with Gasteiger partial charge in [-0.25, -0.2) is 4.98 Å². The van der Waals surface area contributed by atoms with Crippen molar-refractivity contribution in [3.05, 3.63) is 18.2 Å². The topological polar surface area (TPSA) is 77.2 Å². The summed E-state index contributed by atoms with van der Waals surface area (Å²) < 4.78 is 6.35. The van der Waals surface area contributed by atoms with Crippen LogP contribution in [0.25, 0.3) is 10.2 Å². The summed E-state index contributed by atoms with van der Waals surface area (Å²) in [5, 5.41) is 3.28. The lowest BCUT2D eigenvalue weighted by atomic mass is 10.2. The Morgan fingerprint density at radius 3 is 2.89 bits per heavy atom. The van der Waals surface area contributed by atoms with Gasteiger partial charge in [0.2, 0.25) is 0 Å². The summed E-state index contributed by atoms with van der Waals surface area (Å²) in [7, 11) is 0. The van der Waals surface area contributed by atoms with Crippen LogP contribution in [0.4, 0.5) is 10.8 Å². The number of thiazole rings is 1. The second kappa shape index (κ2) is 5.14. The van der Waals surface area contributed by atoms with Gasteiger partial charge >= 0.3 is 0 Å². The second-order valence-corrected chi connectivity index (χ2v) is 6.23. The number of ether oxygens (including phenoxy) is 1. The molecule has 3 N–H and O–H groups in total. The molecule has 0 atom stereocenters. The minimum atomic E-state index is -0.334. The van der Waals surface area contributed by atoms with Crippen LogP contribution in [0.3, 0.4) is 0 Å². The van der Waals surface area contributed by atoms with Gasteiger partial charge in [-0.05, 0) is 39.0 Å². The van der Waals surface area contributed by atoms with Crippen molar-refractivity contribution in [2.24, 2.45) is 0 Å². The quantitative estimate of drug-likeness (QED) is 0.847. The maximum atomic E-state index is 11.7. The highest BCUT2D eigenvalue weighted by Crippen LogP contribution is 2.27. The van der Waals surface area contributed by atoms with E-state index in [1.54, 1.807) is 6.07 Å². The Bertz CT molecular complexity index is 601. The van der Waals surface area contributed by atoms with E-state index in [4.69, 9.17) is 10.5 Å². The molecule has 0 saturated heterocycles. The van der Waals surface area contributed by atoms with Crippen LogP contribution in [-0.4, -0.2) is 23.1 Å². The number of anilines is 2. The molecule has 1 heterocycles. The third-order valence-corrected chi connectivity index (χ3v) is 3.23. The minimum Gasteiger partial charge on any atom is -0.399 e. The van der Waals surface area contributed by atoms with Crippen LogP contribution in [0, 0.1) is 0 Å². The van der Waals surface area contributed by atoms with Gasteiger partial charge in [-0.3, -0.25) is 10.1 Å². The summed E-state index contributed by atoms with van der Waals surface area (Å²) in [5.41, 5.74) is 6.88. The van der Waals surface area contributed by atoms with E-state index in [0.717, 1.165) is 10.2 Å². The maximum Gasteiger partial charge on any atom is 0.252 e. The molecular weight excluding hydrogens is 262 g/mol. The number of hydrogen-bond acceptors (Lipinski definition) is 5. The van der Waals surface area contributed by atoms with E-state index in [1.165, 1.54) is 11.3 Å². The van der Waals surface area contributed by atoms with E-state index in [-0.39, 0.29) is 18.1 Å².